The molecule has 1 atom stereocenters. The highest BCUT2D eigenvalue weighted by Crippen LogP contribution is 2.33. The summed E-state index contributed by atoms with van der Waals surface area (Å²) in [6.45, 7) is 2.84. The number of carbonyl (C=O) groups is 1. The van der Waals surface area contributed by atoms with E-state index in [0.29, 0.717) is 0 Å². The molecule has 3 heteroatoms. The number of aromatic nitrogens is 1. The van der Waals surface area contributed by atoms with Crippen LogP contribution in [0.3, 0.4) is 0 Å². The van der Waals surface area contributed by atoms with Crippen LogP contribution in [0.2, 0.25) is 0 Å². The number of carbonyl (C=O) groups excluding carboxylic acids is 1. The summed E-state index contributed by atoms with van der Waals surface area (Å²) in [6, 6.07) is 20.5. The van der Waals surface area contributed by atoms with Crippen molar-refractivity contribution < 1.29 is 4.79 Å². The Morgan fingerprint density at radius 3 is 2.40 bits per heavy atom. The Hall–Kier alpha value is -2.94. The van der Waals surface area contributed by atoms with Crippen LogP contribution in [0.25, 0.3) is 11.1 Å². The van der Waals surface area contributed by atoms with Crippen molar-refractivity contribution in [2.45, 2.75) is 19.3 Å². The van der Waals surface area contributed by atoms with E-state index in [1.807, 2.05) is 35.2 Å². The maximum atomic E-state index is 12.9. The smallest absolute Gasteiger partial charge is 0.234 e. The van der Waals surface area contributed by atoms with Gasteiger partial charge in [0, 0.05) is 24.6 Å². The van der Waals surface area contributed by atoms with Crippen molar-refractivity contribution in [1.82, 2.24) is 4.98 Å². The summed E-state index contributed by atoms with van der Waals surface area (Å²) in [4.78, 5) is 18.8. The zero-order chi connectivity index (χ0) is 17.2. The van der Waals surface area contributed by atoms with E-state index in [4.69, 9.17) is 0 Å². The Balaban J connectivity index is 1.56. The van der Waals surface area contributed by atoms with Gasteiger partial charge in [0.2, 0.25) is 5.91 Å². The van der Waals surface area contributed by atoms with Crippen LogP contribution >= 0.6 is 0 Å². The van der Waals surface area contributed by atoms with Crippen molar-refractivity contribution in [3.8, 4) is 11.1 Å². The van der Waals surface area contributed by atoms with E-state index in [0.717, 1.165) is 35.3 Å². The summed E-state index contributed by atoms with van der Waals surface area (Å²) in [5.74, 6) is 0.169. The number of aryl methyl sites for hydroxylation is 1. The van der Waals surface area contributed by atoms with Crippen LogP contribution in [0.4, 0.5) is 5.69 Å². The van der Waals surface area contributed by atoms with Gasteiger partial charge in [-0.05, 0) is 54.3 Å². The summed E-state index contributed by atoms with van der Waals surface area (Å²) < 4.78 is 0. The van der Waals surface area contributed by atoms with E-state index < -0.39 is 0 Å². The minimum absolute atomic E-state index is 0.0280. The molecular weight excluding hydrogens is 308 g/mol. The molecule has 1 unspecified atom stereocenters. The third kappa shape index (κ3) is 3.05. The molecule has 4 rings (SSSR count). The highest BCUT2D eigenvalue weighted by Gasteiger charge is 2.33. The molecule has 1 aliphatic rings. The number of nitrogens with zero attached hydrogens (tertiary/aromatic N) is 2. The van der Waals surface area contributed by atoms with Crippen molar-refractivity contribution in [3.05, 3.63) is 84.2 Å². The monoisotopic (exact) mass is 328 g/mol. The molecule has 3 aromatic rings. The Labute approximate surface area is 148 Å². The second-order valence-electron chi connectivity index (χ2n) is 6.53. The van der Waals surface area contributed by atoms with E-state index in [1.165, 1.54) is 5.56 Å². The molecular formula is C22H20N2O. The van der Waals surface area contributed by atoms with Gasteiger partial charge >= 0.3 is 0 Å². The van der Waals surface area contributed by atoms with Crippen LogP contribution in [0.15, 0.2) is 73.1 Å². The first-order valence-corrected chi connectivity index (χ1v) is 8.61. The third-order valence-corrected chi connectivity index (χ3v) is 4.84. The van der Waals surface area contributed by atoms with Gasteiger partial charge < -0.3 is 4.90 Å². The summed E-state index contributed by atoms with van der Waals surface area (Å²) >= 11 is 0. The molecule has 2 aromatic carbocycles. The molecule has 1 aromatic heterocycles. The van der Waals surface area contributed by atoms with Crippen LogP contribution in [0.5, 0.6) is 0 Å². The average molecular weight is 328 g/mol. The molecule has 124 valence electrons. The van der Waals surface area contributed by atoms with Crippen LogP contribution in [-0.2, 0) is 4.79 Å². The van der Waals surface area contributed by atoms with Crippen LogP contribution in [-0.4, -0.2) is 17.4 Å². The van der Waals surface area contributed by atoms with Crippen LogP contribution in [0.1, 0.15) is 23.5 Å². The van der Waals surface area contributed by atoms with Gasteiger partial charge in [-0.25, -0.2) is 0 Å². The molecule has 0 N–H and O–H groups in total. The van der Waals surface area contributed by atoms with Gasteiger partial charge in [0.1, 0.15) is 0 Å². The maximum Gasteiger partial charge on any atom is 0.234 e. The topological polar surface area (TPSA) is 33.2 Å². The van der Waals surface area contributed by atoms with Gasteiger partial charge in [0.25, 0.3) is 0 Å². The maximum absolute atomic E-state index is 12.9. The van der Waals surface area contributed by atoms with E-state index in [2.05, 4.69) is 42.2 Å². The lowest BCUT2D eigenvalue weighted by atomic mass is 9.96. The summed E-state index contributed by atoms with van der Waals surface area (Å²) in [7, 11) is 0. The first-order valence-electron chi connectivity index (χ1n) is 8.61. The van der Waals surface area contributed by atoms with E-state index >= 15 is 0 Å². The average Bonchev–Trinajstić information content (AvgIpc) is 3.04. The van der Waals surface area contributed by atoms with Crippen molar-refractivity contribution in [2.75, 3.05) is 11.4 Å². The fourth-order valence-electron chi connectivity index (χ4n) is 3.51. The van der Waals surface area contributed by atoms with Crippen LogP contribution < -0.4 is 4.90 Å². The lowest BCUT2D eigenvalue weighted by molar-refractivity contribution is -0.118. The zero-order valence-electron chi connectivity index (χ0n) is 14.2. The SMILES string of the molecule is Cc1cccc(C2CCN(c3ccc(-c4ccncc4)cc3)C2=O)c1. The molecule has 0 radical (unpaired) electrons. The molecule has 1 aliphatic heterocycles. The number of rotatable bonds is 3. The molecule has 1 fully saturated rings. The minimum Gasteiger partial charge on any atom is -0.312 e. The number of hydrogen-bond donors (Lipinski definition) is 0. The van der Waals surface area contributed by atoms with Gasteiger partial charge in [-0.15, -0.1) is 0 Å². The second-order valence-corrected chi connectivity index (χ2v) is 6.53. The Morgan fingerprint density at radius 1 is 0.960 bits per heavy atom. The molecule has 0 bridgehead atoms. The molecule has 25 heavy (non-hydrogen) atoms. The number of benzene rings is 2. The number of pyridine rings is 1. The number of hydrogen-bond acceptors (Lipinski definition) is 2. The zero-order valence-corrected chi connectivity index (χ0v) is 14.2. The minimum atomic E-state index is -0.0280. The van der Waals surface area contributed by atoms with Crippen molar-refractivity contribution in [2.24, 2.45) is 0 Å². The highest BCUT2D eigenvalue weighted by molar-refractivity contribution is 6.00. The molecule has 1 saturated heterocycles. The summed E-state index contributed by atoms with van der Waals surface area (Å²) in [5, 5.41) is 0. The van der Waals surface area contributed by atoms with Crippen LogP contribution in [0, 0.1) is 6.92 Å². The predicted molar refractivity (Wildman–Crippen MR) is 101 cm³/mol. The van der Waals surface area contributed by atoms with Crippen molar-refractivity contribution in [3.63, 3.8) is 0 Å². The highest BCUT2D eigenvalue weighted by atomic mass is 16.2. The predicted octanol–water partition coefficient (Wildman–Crippen LogP) is 4.58. The number of amides is 1. The van der Waals surface area contributed by atoms with Gasteiger partial charge in [0.05, 0.1) is 5.92 Å². The quantitative estimate of drug-likeness (QED) is 0.705. The molecule has 2 heterocycles. The normalized spacial score (nSPS) is 17.1. The molecule has 0 aliphatic carbocycles. The van der Waals surface area contributed by atoms with Crippen molar-refractivity contribution >= 4 is 11.6 Å². The lowest BCUT2D eigenvalue weighted by Crippen LogP contribution is -2.26. The molecule has 1 amide bonds. The van der Waals surface area contributed by atoms with E-state index in [-0.39, 0.29) is 11.8 Å². The summed E-state index contributed by atoms with van der Waals surface area (Å²) in [6.07, 6.45) is 4.45. The van der Waals surface area contributed by atoms with E-state index in [1.54, 1.807) is 12.4 Å². The van der Waals surface area contributed by atoms with Gasteiger partial charge in [-0.2, -0.15) is 0 Å². The number of anilines is 1. The molecule has 0 saturated carbocycles. The second kappa shape index (κ2) is 6.52. The third-order valence-electron chi connectivity index (χ3n) is 4.84. The Morgan fingerprint density at radius 2 is 1.68 bits per heavy atom. The first-order chi connectivity index (χ1) is 12.2. The standard InChI is InChI=1S/C22H20N2O/c1-16-3-2-4-19(15-16)21-11-14-24(22(21)25)20-7-5-17(6-8-20)18-9-12-23-13-10-18/h2-10,12-13,15,21H,11,14H2,1H3. The van der Waals surface area contributed by atoms with Gasteiger partial charge in [0.15, 0.2) is 0 Å². The summed E-state index contributed by atoms with van der Waals surface area (Å²) in [5.41, 5.74) is 5.56. The van der Waals surface area contributed by atoms with Crippen molar-refractivity contribution in [1.29, 1.82) is 0 Å². The fraction of sp³-hybridized carbons (Fsp3) is 0.182. The van der Waals surface area contributed by atoms with E-state index in [9.17, 15) is 4.79 Å². The Bertz CT molecular complexity index is 887. The molecule has 0 spiro atoms. The van der Waals surface area contributed by atoms with Gasteiger partial charge in [-0.1, -0.05) is 42.0 Å². The van der Waals surface area contributed by atoms with Gasteiger partial charge in [-0.3, -0.25) is 9.78 Å². The Kier molecular flexibility index (Phi) is 4.06. The molecule has 3 nitrogen and oxygen atoms in total. The first kappa shape index (κ1) is 15.6. The fourth-order valence-corrected chi connectivity index (χ4v) is 3.51. The largest absolute Gasteiger partial charge is 0.312 e. The lowest BCUT2D eigenvalue weighted by Gasteiger charge is -2.17.